The molecule has 270 valence electrons. The van der Waals surface area contributed by atoms with E-state index in [9.17, 15) is 0 Å². The summed E-state index contributed by atoms with van der Waals surface area (Å²) in [5.74, 6) is 1.11. The van der Waals surface area contributed by atoms with Crippen molar-refractivity contribution in [2.24, 2.45) is 0 Å². The van der Waals surface area contributed by atoms with Crippen LogP contribution in [0.2, 0.25) is 13.1 Å². The molecule has 0 aromatic heterocycles. The van der Waals surface area contributed by atoms with E-state index >= 15 is 0 Å². The van der Waals surface area contributed by atoms with Crippen molar-refractivity contribution in [2.45, 2.75) is 52.6 Å². The molecule has 8 aromatic carbocycles. The fourth-order valence-electron chi connectivity index (χ4n) is 6.68. The van der Waals surface area contributed by atoms with Crippen LogP contribution in [0.5, 0.6) is 0 Å². The van der Waals surface area contributed by atoms with Gasteiger partial charge in [0.05, 0.1) is 0 Å². The Morgan fingerprint density at radius 3 is 1.09 bits per heavy atom. The Balaban J connectivity index is 0.000000182. The first kappa shape index (κ1) is 41.4. The summed E-state index contributed by atoms with van der Waals surface area (Å²) in [6.07, 6.45) is 0. The van der Waals surface area contributed by atoms with Gasteiger partial charge in [-0.05, 0) is 57.3 Å². The average molecular weight is 839 g/mol. The number of hydrogen-bond acceptors (Lipinski definition) is 0. The molecule has 54 heavy (non-hydrogen) atoms. The van der Waals surface area contributed by atoms with E-state index in [2.05, 4.69) is 211 Å². The van der Waals surface area contributed by atoms with Gasteiger partial charge in [-0.2, -0.15) is 12.1 Å². The van der Waals surface area contributed by atoms with Crippen LogP contribution in [0.25, 0.3) is 66.1 Å². The van der Waals surface area contributed by atoms with Crippen molar-refractivity contribution in [1.29, 1.82) is 0 Å². The van der Waals surface area contributed by atoms with E-state index in [1.54, 1.807) is 0 Å². The molecule has 0 bridgehead atoms. The third kappa shape index (κ3) is 10.7. The second kappa shape index (κ2) is 20.8. The number of hydrogen-bond donors (Lipinski definition) is 0. The zero-order valence-corrected chi connectivity index (χ0v) is 37.0. The number of rotatable bonds is 6. The predicted octanol–water partition coefficient (Wildman–Crippen LogP) is 16.2. The van der Waals surface area contributed by atoms with Gasteiger partial charge in [-0.1, -0.05) is 161 Å². The summed E-state index contributed by atoms with van der Waals surface area (Å²) in [5, 5.41) is 5.38. The molecule has 0 nitrogen and oxygen atoms in total. The minimum absolute atomic E-state index is 0.556. The molecule has 8 aromatic rings. The van der Waals surface area contributed by atoms with Gasteiger partial charge in [0, 0.05) is 9.52 Å². The SMILES string of the molecule is CC(C)c1cc2c(-c3cccc(-c4ccccc4)c3)cccc2[cH-]1.CC(C)c1cc2c(-c3cccc(-c4ccccc4)c3)cccc2[cH-]1.C[Si]C.[Cl][Zr+2][Cl]. The first-order valence-electron chi connectivity index (χ1n) is 18.5. The van der Waals surface area contributed by atoms with E-state index in [1.807, 2.05) is 0 Å². The molecule has 4 heteroatoms. The van der Waals surface area contributed by atoms with Gasteiger partial charge < -0.3 is 0 Å². The Kier molecular flexibility index (Phi) is 15.9. The third-order valence-electron chi connectivity index (χ3n) is 9.44. The molecular formula is C50H48Cl2SiZr. The van der Waals surface area contributed by atoms with E-state index in [4.69, 9.17) is 17.0 Å². The molecular weight excluding hydrogens is 791 g/mol. The Bertz CT molecular complexity index is 2170. The fourth-order valence-corrected chi connectivity index (χ4v) is 6.68. The van der Waals surface area contributed by atoms with Gasteiger partial charge in [-0.25, -0.2) is 0 Å². The van der Waals surface area contributed by atoms with Crippen LogP contribution in [-0.2, 0) is 20.8 Å². The molecule has 0 unspecified atom stereocenters. The molecule has 2 radical (unpaired) electrons. The van der Waals surface area contributed by atoms with Crippen molar-refractivity contribution in [3.8, 4) is 44.5 Å². The predicted molar refractivity (Wildman–Crippen MR) is 238 cm³/mol. The van der Waals surface area contributed by atoms with Gasteiger partial charge in [0.2, 0.25) is 0 Å². The minimum atomic E-state index is -0.826. The van der Waals surface area contributed by atoms with Gasteiger partial charge in [0.15, 0.2) is 0 Å². The van der Waals surface area contributed by atoms with Crippen molar-refractivity contribution in [3.63, 3.8) is 0 Å². The molecule has 0 atom stereocenters. The van der Waals surface area contributed by atoms with Crippen molar-refractivity contribution < 1.29 is 20.8 Å². The normalized spacial score (nSPS) is 10.6. The van der Waals surface area contributed by atoms with Crippen molar-refractivity contribution >= 4 is 48.1 Å². The molecule has 0 saturated carbocycles. The van der Waals surface area contributed by atoms with Gasteiger partial charge in [0.25, 0.3) is 0 Å². The summed E-state index contributed by atoms with van der Waals surface area (Å²) >= 11 is -0.826. The molecule has 0 saturated heterocycles. The van der Waals surface area contributed by atoms with E-state index in [0.717, 1.165) is 9.52 Å². The summed E-state index contributed by atoms with van der Waals surface area (Å²) in [7, 11) is 11.0. The Morgan fingerprint density at radius 1 is 0.426 bits per heavy atom. The second-order valence-corrected chi connectivity index (χ2v) is 18.7. The first-order chi connectivity index (χ1) is 26.3. The van der Waals surface area contributed by atoms with Crippen LogP contribution in [-0.4, -0.2) is 9.52 Å². The van der Waals surface area contributed by atoms with E-state index in [1.165, 1.54) is 77.2 Å². The van der Waals surface area contributed by atoms with Gasteiger partial charge in [-0.3, -0.25) is 0 Å². The molecule has 0 spiro atoms. The van der Waals surface area contributed by atoms with Crippen molar-refractivity contribution in [2.75, 3.05) is 0 Å². The van der Waals surface area contributed by atoms with Crippen LogP contribution in [0.1, 0.15) is 50.7 Å². The quantitative estimate of drug-likeness (QED) is 0.116. The van der Waals surface area contributed by atoms with Crippen LogP contribution in [0.3, 0.4) is 0 Å². The average Bonchev–Trinajstić information content (AvgIpc) is 3.86. The van der Waals surface area contributed by atoms with Crippen LogP contribution in [0.15, 0.2) is 170 Å². The second-order valence-electron chi connectivity index (χ2n) is 14.0. The summed E-state index contributed by atoms with van der Waals surface area (Å²) in [6.45, 7) is 13.3. The van der Waals surface area contributed by atoms with E-state index in [-0.39, 0.29) is 0 Å². The number of halogens is 2. The number of fused-ring (bicyclic) bond motifs is 2. The fraction of sp³-hybridized carbons (Fsp3) is 0.160. The zero-order valence-electron chi connectivity index (χ0n) is 32.1. The molecule has 0 heterocycles. The Hall–Kier alpha value is -3.78. The summed E-state index contributed by atoms with van der Waals surface area (Å²) < 4.78 is 0. The summed E-state index contributed by atoms with van der Waals surface area (Å²) in [4.78, 5) is 0. The maximum absolute atomic E-state index is 4.93. The molecule has 0 aliphatic carbocycles. The monoisotopic (exact) mass is 836 g/mol. The van der Waals surface area contributed by atoms with Crippen LogP contribution in [0.4, 0.5) is 0 Å². The first-order valence-corrected chi connectivity index (χ1v) is 26.9. The molecule has 0 amide bonds. The van der Waals surface area contributed by atoms with Crippen LogP contribution < -0.4 is 0 Å². The standard InChI is InChI=1S/2C24H21.C2H6Si.2ClH.Zr/c2*1-17(2)22-15-21-12-7-13-23(24(21)16-22)20-11-6-10-19(14-20)18-8-4-3-5-9-18;1-3-2;;;/h2*3-17H,1-2H3;1-2H3;2*1H;/q2*-1;;;;+4/p-2. The maximum atomic E-state index is 4.93. The molecule has 0 N–H and O–H groups in total. The topological polar surface area (TPSA) is 0 Å². The zero-order chi connectivity index (χ0) is 38.5. The Labute approximate surface area is 344 Å². The van der Waals surface area contributed by atoms with E-state index in [0.29, 0.717) is 11.8 Å². The number of benzene rings is 6. The van der Waals surface area contributed by atoms with Gasteiger partial charge in [0.1, 0.15) is 0 Å². The summed E-state index contributed by atoms with van der Waals surface area (Å²) in [6, 6.07) is 61.4. The molecule has 0 fully saturated rings. The van der Waals surface area contributed by atoms with Crippen molar-refractivity contribution in [3.05, 3.63) is 181 Å². The molecule has 0 aliphatic heterocycles. The van der Waals surface area contributed by atoms with Crippen LogP contribution in [0, 0.1) is 0 Å². The third-order valence-corrected chi connectivity index (χ3v) is 9.44. The Morgan fingerprint density at radius 2 is 0.741 bits per heavy atom. The van der Waals surface area contributed by atoms with Crippen molar-refractivity contribution in [1.82, 2.24) is 0 Å². The van der Waals surface area contributed by atoms with Crippen LogP contribution >= 0.6 is 17.0 Å². The molecule has 8 rings (SSSR count). The summed E-state index contributed by atoms with van der Waals surface area (Å²) in [5.41, 5.74) is 13.1. The van der Waals surface area contributed by atoms with E-state index < -0.39 is 20.8 Å². The molecule has 0 aliphatic rings. The van der Waals surface area contributed by atoms with Gasteiger partial charge in [-0.15, -0.1) is 69.1 Å². The van der Waals surface area contributed by atoms with Gasteiger partial charge >= 0.3 is 37.9 Å².